The van der Waals surface area contributed by atoms with E-state index in [2.05, 4.69) is 6.92 Å². The van der Waals surface area contributed by atoms with Gasteiger partial charge >= 0.3 is 0 Å². The van der Waals surface area contributed by atoms with Crippen LogP contribution in [0.1, 0.15) is 18.9 Å². The van der Waals surface area contributed by atoms with Crippen molar-refractivity contribution in [1.29, 1.82) is 0 Å². The van der Waals surface area contributed by atoms with Gasteiger partial charge < -0.3 is 10.5 Å². The number of rotatable bonds is 6. The molecule has 96 valence electrons. The fourth-order valence-electron chi connectivity index (χ4n) is 1.92. The number of hydrogen-bond acceptors (Lipinski definition) is 2. The zero-order chi connectivity index (χ0) is 12.8. The van der Waals surface area contributed by atoms with E-state index in [1.54, 1.807) is 19.2 Å². The van der Waals surface area contributed by atoms with E-state index in [-0.39, 0.29) is 11.9 Å². The Morgan fingerprint density at radius 1 is 1.47 bits per heavy atom. The molecule has 2 atom stereocenters. The highest BCUT2D eigenvalue weighted by Crippen LogP contribution is 2.17. The first-order valence-corrected chi connectivity index (χ1v) is 6.09. The summed E-state index contributed by atoms with van der Waals surface area (Å²) in [6.45, 7) is 2.75. The Labute approximate surface area is 107 Å². The second-order valence-corrected chi connectivity index (χ2v) is 4.93. The van der Waals surface area contributed by atoms with Crippen molar-refractivity contribution in [3.8, 4) is 0 Å². The molecule has 0 aliphatic carbocycles. The van der Waals surface area contributed by atoms with Gasteiger partial charge in [0.05, 0.1) is 0 Å². The standard InChI is InChI=1S/C13H19ClFNO/c1-9(8-17-2)5-12(16)6-10-3-4-11(14)7-13(10)15/h3-4,7,9,12H,5-6,8,16H2,1-2H3. The fraction of sp³-hybridized carbons (Fsp3) is 0.538. The van der Waals surface area contributed by atoms with Crippen molar-refractivity contribution in [3.63, 3.8) is 0 Å². The van der Waals surface area contributed by atoms with Crippen LogP contribution in [0.4, 0.5) is 4.39 Å². The molecule has 0 fully saturated rings. The molecule has 0 saturated carbocycles. The smallest absolute Gasteiger partial charge is 0.127 e. The van der Waals surface area contributed by atoms with Gasteiger partial charge in [-0.05, 0) is 36.5 Å². The predicted octanol–water partition coefficient (Wildman–Crippen LogP) is 3.02. The average Bonchev–Trinajstić information content (AvgIpc) is 2.22. The monoisotopic (exact) mass is 259 g/mol. The molecule has 2 N–H and O–H groups in total. The third kappa shape index (κ3) is 5.02. The number of halogens is 2. The quantitative estimate of drug-likeness (QED) is 0.852. The molecule has 0 amide bonds. The van der Waals surface area contributed by atoms with Crippen LogP contribution in [0.2, 0.25) is 5.02 Å². The van der Waals surface area contributed by atoms with Gasteiger partial charge in [0, 0.05) is 24.8 Å². The molecule has 17 heavy (non-hydrogen) atoms. The molecule has 0 bridgehead atoms. The molecule has 4 heteroatoms. The van der Waals surface area contributed by atoms with E-state index in [9.17, 15) is 4.39 Å². The molecule has 0 radical (unpaired) electrons. The summed E-state index contributed by atoms with van der Waals surface area (Å²) < 4.78 is 18.6. The van der Waals surface area contributed by atoms with Crippen LogP contribution < -0.4 is 5.73 Å². The third-order valence-electron chi connectivity index (χ3n) is 2.65. The lowest BCUT2D eigenvalue weighted by Gasteiger charge is -2.17. The first-order chi connectivity index (χ1) is 8.02. The van der Waals surface area contributed by atoms with Crippen molar-refractivity contribution in [3.05, 3.63) is 34.6 Å². The van der Waals surface area contributed by atoms with Gasteiger partial charge in [0.25, 0.3) is 0 Å². The molecule has 0 heterocycles. The molecule has 0 aromatic heterocycles. The summed E-state index contributed by atoms with van der Waals surface area (Å²) in [6.07, 6.45) is 1.34. The maximum absolute atomic E-state index is 13.5. The Morgan fingerprint density at radius 2 is 2.18 bits per heavy atom. The highest BCUT2D eigenvalue weighted by Gasteiger charge is 2.12. The molecule has 0 aliphatic rings. The lowest BCUT2D eigenvalue weighted by atomic mass is 9.97. The van der Waals surface area contributed by atoms with Gasteiger partial charge in [-0.1, -0.05) is 24.6 Å². The van der Waals surface area contributed by atoms with E-state index < -0.39 is 0 Å². The Bertz CT molecular complexity index is 359. The molecule has 0 aliphatic heterocycles. The van der Waals surface area contributed by atoms with E-state index in [1.807, 2.05) is 0 Å². The number of ether oxygens (including phenoxy) is 1. The molecule has 0 saturated heterocycles. The highest BCUT2D eigenvalue weighted by atomic mass is 35.5. The number of hydrogen-bond donors (Lipinski definition) is 1. The van der Waals surface area contributed by atoms with Crippen molar-refractivity contribution >= 4 is 11.6 Å². The second kappa shape index (κ2) is 6.94. The van der Waals surface area contributed by atoms with Gasteiger partial charge in [-0.25, -0.2) is 4.39 Å². The maximum Gasteiger partial charge on any atom is 0.127 e. The van der Waals surface area contributed by atoms with Crippen molar-refractivity contribution < 1.29 is 9.13 Å². The summed E-state index contributed by atoms with van der Waals surface area (Å²) in [5.74, 6) is 0.0951. The first kappa shape index (κ1) is 14.4. The molecular weight excluding hydrogens is 241 g/mol. The van der Waals surface area contributed by atoms with Crippen LogP contribution in [0.15, 0.2) is 18.2 Å². The van der Waals surface area contributed by atoms with E-state index in [0.29, 0.717) is 29.5 Å². The SMILES string of the molecule is COCC(C)CC(N)Cc1ccc(Cl)cc1F. The van der Waals surface area contributed by atoms with E-state index >= 15 is 0 Å². The average molecular weight is 260 g/mol. The topological polar surface area (TPSA) is 35.2 Å². The summed E-state index contributed by atoms with van der Waals surface area (Å²) in [6, 6.07) is 4.64. The minimum Gasteiger partial charge on any atom is -0.384 e. The van der Waals surface area contributed by atoms with E-state index in [1.165, 1.54) is 6.07 Å². The van der Waals surface area contributed by atoms with Crippen LogP contribution in [0.5, 0.6) is 0 Å². The van der Waals surface area contributed by atoms with Crippen molar-refractivity contribution in [2.45, 2.75) is 25.8 Å². The minimum atomic E-state index is -0.285. The highest BCUT2D eigenvalue weighted by molar-refractivity contribution is 6.30. The number of benzene rings is 1. The maximum atomic E-state index is 13.5. The third-order valence-corrected chi connectivity index (χ3v) is 2.89. The Hall–Kier alpha value is -0.640. The minimum absolute atomic E-state index is 0.0594. The zero-order valence-corrected chi connectivity index (χ0v) is 11.0. The molecule has 1 aromatic rings. The normalized spacial score (nSPS) is 14.6. The van der Waals surface area contributed by atoms with Gasteiger partial charge in [0.2, 0.25) is 0 Å². The number of methoxy groups -OCH3 is 1. The molecule has 2 nitrogen and oxygen atoms in total. The Balaban J connectivity index is 2.52. The fourth-order valence-corrected chi connectivity index (χ4v) is 2.08. The van der Waals surface area contributed by atoms with Crippen LogP contribution in [0.3, 0.4) is 0 Å². The van der Waals surface area contributed by atoms with Crippen LogP contribution in [0.25, 0.3) is 0 Å². The van der Waals surface area contributed by atoms with Gasteiger partial charge in [-0.15, -0.1) is 0 Å². The largest absolute Gasteiger partial charge is 0.384 e. The molecule has 1 aromatic carbocycles. The lowest BCUT2D eigenvalue weighted by Crippen LogP contribution is -2.27. The molecule has 2 unspecified atom stereocenters. The van der Waals surface area contributed by atoms with E-state index in [0.717, 1.165) is 6.42 Å². The first-order valence-electron chi connectivity index (χ1n) is 5.71. The summed E-state index contributed by atoms with van der Waals surface area (Å²) in [5, 5.41) is 0.410. The Morgan fingerprint density at radius 3 is 2.76 bits per heavy atom. The Kier molecular flexibility index (Phi) is 5.89. The molecule has 0 spiro atoms. The predicted molar refractivity (Wildman–Crippen MR) is 68.7 cm³/mol. The molecule has 1 rings (SSSR count). The van der Waals surface area contributed by atoms with Crippen LogP contribution in [-0.4, -0.2) is 19.8 Å². The lowest BCUT2D eigenvalue weighted by molar-refractivity contribution is 0.152. The summed E-state index contributed by atoms with van der Waals surface area (Å²) in [4.78, 5) is 0. The number of nitrogens with two attached hydrogens (primary N) is 1. The van der Waals surface area contributed by atoms with Gasteiger partial charge in [0.15, 0.2) is 0 Å². The van der Waals surface area contributed by atoms with Crippen molar-refractivity contribution in [2.24, 2.45) is 11.7 Å². The van der Waals surface area contributed by atoms with Crippen molar-refractivity contribution in [1.82, 2.24) is 0 Å². The molecular formula is C13H19ClFNO. The summed E-state index contributed by atoms with van der Waals surface area (Å²) >= 11 is 5.69. The zero-order valence-electron chi connectivity index (χ0n) is 10.2. The van der Waals surface area contributed by atoms with Crippen LogP contribution in [0, 0.1) is 11.7 Å². The second-order valence-electron chi connectivity index (χ2n) is 4.50. The van der Waals surface area contributed by atoms with Crippen molar-refractivity contribution in [2.75, 3.05) is 13.7 Å². The van der Waals surface area contributed by atoms with Gasteiger partial charge in [-0.2, -0.15) is 0 Å². The van der Waals surface area contributed by atoms with Crippen LogP contribution >= 0.6 is 11.6 Å². The van der Waals surface area contributed by atoms with Gasteiger partial charge in [-0.3, -0.25) is 0 Å². The summed E-state index contributed by atoms with van der Waals surface area (Å²) in [5.41, 5.74) is 6.61. The van der Waals surface area contributed by atoms with Crippen LogP contribution in [-0.2, 0) is 11.2 Å². The van der Waals surface area contributed by atoms with Gasteiger partial charge in [0.1, 0.15) is 5.82 Å². The summed E-state index contributed by atoms with van der Waals surface area (Å²) in [7, 11) is 1.67. The van der Waals surface area contributed by atoms with E-state index in [4.69, 9.17) is 22.1 Å².